The minimum Gasteiger partial charge on any atom is -0.481 e. The lowest BCUT2D eigenvalue weighted by molar-refractivity contribution is -0.147. The van der Waals surface area contributed by atoms with Gasteiger partial charge in [0.15, 0.2) is 0 Å². The molecule has 2 amide bonds. The van der Waals surface area contributed by atoms with E-state index in [4.69, 9.17) is 5.11 Å². The Morgan fingerprint density at radius 1 is 1.20 bits per heavy atom. The molecule has 2 aliphatic rings. The lowest BCUT2D eigenvalue weighted by Crippen LogP contribution is -2.49. The van der Waals surface area contributed by atoms with Crippen molar-refractivity contribution < 1.29 is 19.5 Å². The number of hydrogen-bond donors (Lipinski definition) is 3. The Labute approximate surface area is 117 Å². The van der Waals surface area contributed by atoms with Crippen LogP contribution in [0, 0.1) is 11.8 Å². The predicted molar refractivity (Wildman–Crippen MR) is 71.8 cm³/mol. The summed E-state index contributed by atoms with van der Waals surface area (Å²) < 4.78 is 0. The number of allylic oxidation sites excluding steroid dienone is 2. The van der Waals surface area contributed by atoms with E-state index in [2.05, 4.69) is 10.6 Å². The van der Waals surface area contributed by atoms with Gasteiger partial charge < -0.3 is 15.7 Å². The first-order valence-corrected chi connectivity index (χ1v) is 7.05. The Kier molecular flexibility index (Phi) is 4.76. The van der Waals surface area contributed by atoms with Gasteiger partial charge in [0.25, 0.3) is 0 Å². The molecular formula is C14H20N2O4. The number of hydrogen-bond acceptors (Lipinski definition) is 3. The van der Waals surface area contributed by atoms with Crippen LogP contribution in [0.5, 0.6) is 0 Å². The number of nitrogens with one attached hydrogen (secondary N) is 2. The smallest absolute Gasteiger partial charge is 0.307 e. The van der Waals surface area contributed by atoms with Gasteiger partial charge in [-0.1, -0.05) is 12.2 Å². The second-order valence-corrected chi connectivity index (χ2v) is 5.34. The highest BCUT2D eigenvalue weighted by atomic mass is 16.4. The zero-order chi connectivity index (χ0) is 14.5. The van der Waals surface area contributed by atoms with Gasteiger partial charge in [-0.25, -0.2) is 0 Å². The molecule has 0 bridgehead atoms. The summed E-state index contributed by atoms with van der Waals surface area (Å²) in [6, 6.07) is -0.537. The fourth-order valence-corrected chi connectivity index (χ4v) is 2.73. The van der Waals surface area contributed by atoms with Gasteiger partial charge in [0, 0.05) is 6.54 Å². The van der Waals surface area contributed by atoms with Gasteiger partial charge in [-0.15, -0.1) is 0 Å². The monoisotopic (exact) mass is 280 g/mol. The molecule has 1 heterocycles. The van der Waals surface area contributed by atoms with E-state index in [-0.39, 0.29) is 11.8 Å². The number of carboxylic acids is 1. The third-order valence-electron chi connectivity index (χ3n) is 3.94. The molecule has 1 aliphatic carbocycles. The number of aliphatic carboxylic acids is 1. The molecule has 0 aromatic carbocycles. The van der Waals surface area contributed by atoms with E-state index in [0.717, 1.165) is 12.8 Å². The van der Waals surface area contributed by atoms with Crippen molar-refractivity contribution in [2.45, 2.75) is 38.1 Å². The molecule has 1 unspecified atom stereocenters. The van der Waals surface area contributed by atoms with Crippen LogP contribution in [-0.2, 0) is 14.4 Å². The zero-order valence-electron chi connectivity index (χ0n) is 11.3. The second-order valence-electron chi connectivity index (χ2n) is 5.34. The molecule has 2 rings (SSSR count). The topological polar surface area (TPSA) is 95.5 Å². The standard InChI is InChI=1S/C14H20N2O4/c17-12(9-5-1-2-6-10(9)14(19)20)16-11-7-3-4-8-15-13(11)18/h1-2,9-11H,3-8H2,(H,15,18)(H,16,17)(H,19,20)/t9-,10+,11?/m1/s1. The molecule has 1 saturated heterocycles. The number of rotatable bonds is 3. The molecule has 110 valence electrons. The number of carboxylic acid groups (broad SMARTS) is 1. The van der Waals surface area contributed by atoms with Crippen molar-refractivity contribution in [2.24, 2.45) is 11.8 Å². The highest BCUT2D eigenvalue weighted by Crippen LogP contribution is 2.26. The quantitative estimate of drug-likeness (QED) is 0.654. The first-order valence-electron chi connectivity index (χ1n) is 7.05. The summed E-state index contributed by atoms with van der Waals surface area (Å²) in [4.78, 5) is 35.2. The van der Waals surface area contributed by atoms with Crippen LogP contribution in [0.1, 0.15) is 32.1 Å². The lowest BCUT2D eigenvalue weighted by Gasteiger charge is -2.26. The van der Waals surface area contributed by atoms with E-state index in [9.17, 15) is 14.4 Å². The van der Waals surface area contributed by atoms with E-state index in [0.29, 0.717) is 25.8 Å². The van der Waals surface area contributed by atoms with Crippen LogP contribution in [0.15, 0.2) is 12.2 Å². The third-order valence-corrected chi connectivity index (χ3v) is 3.94. The molecule has 0 spiro atoms. The maximum Gasteiger partial charge on any atom is 0.307 e. The molecule has 1 fully saturated rings. The van der Waals surface area contributed by atoms with Crippen molar-refractivity contribution in [2.75, 3.05) is 6.54 Å². The Bertz CT molecular complexity index is 433. The maximum atomic E-state index is 12.3. The van der Waals surface area contributed by atoms with Crippen LogP contribution in [0.25, 0.3) is 0 Å². The van der Waals surface area contributed by atoms with Crippen molar-refractivity contribution in [3.8, 4) is 0 Å². The van der Waals surface area contributed by atoms with Crippen molar-refractivity contribution in [3.63, 3.8) is 0 Å². The molecular weight excluding hydrogens is 260 g/mol. The average molecular weight is 280 g/mol. The van der Waals surface area contributed by atoms with Gasteiger partial charge >= 0.3 is 5.97 Å². The van der Waals surface area contributed by atoms with E-state index < -0.39 is 23.8 Å². The van der Waals surface area contributed by atoms with Crippen LogP contribution in [0.2, 0.25) is 0 Å². The van der Waals surface area contributed by atoms with Gasteiger partial charge in [-0.2, -0.15) is 0 Å². The van der Waals surface area contributed by atoms with Crippen molar-refractivity contribution in [1.82, 2.24) is 10.6 Å². The first-order chi connectivity index (χ1) is 9.59. The van der Waals surface area contributed by atoms with E-state index >= 15 is 0 Å². The molecule has 6 nitrogen and oxygen atoms in total. The SMILES string of the molecule is O=C1NCCCCC1NC(=O)[C@@H]1CC=CC[C@@H]1C(=O)O. The Morgan fingerprint density at radius 2 is 1.90 bits per heavy atom. The molecule has 3 atom stereocenters. The fourth-order valence-electron chi connectivity index (χ4n) is 2.73. The second kappa shape index (κ2) is 6.54. The highest BCUT2D eigenvalue weighted by Gasteiger charge is 2.35. The minimum absolute atomic E-state index is 0.172. The molecule has 1 aliphatic heterocycles. The summed E-state index contributed by atoms with van der Waals surface area (Å²) in [6.45, 7) is 0.634. The van der Waals surface area contributed by atoms with Crippen LogP contribution < -0.4 is 10.6 Å². The van der Waals surface area contributed by atoms with Gasteiger partial charge in [0.2, 0.25) is 11.8 Å². The summed E-state index contributed by atoms with van der Waals surface area (Å²) in [6.07, 6.45) is 6.79. The molecule has 0 aromatic rings. The van der Waals surface area contributed by atoms with Crippen molar-refractivity contribution in [3.05, 3.63) is 12.2 Å². The largest absolute Gasteiger partial charge is 0.481 e. The van der Waals surface area contributed by atoms with E-state index in [1.807, 2.05) is 6.08 Å². The van der Waals surface area contributed by atoms with Crippen LogP contribution in [-0.4, -0.2) is 35.5 Å². The third kappa shape index (κ3) is 3.37. The van der Waals surface area contributed by atoms with Crippen LogP contribution in [0.3, 0.4) is 0 Å². The summed E-state index contributed by atoms with van der Waals surface area (Å²) in [5, 5.41) is 14.6. The Hall–Kier alpha value is -1.85. The maximum absolute atomic E-state index is 12.3. The van der Waals surface area contributed by atoms with Gasteiger partial charge in [-0.05, 0) is 32.1 Å². The molecule has 0 saturated carbocycles. The average Bonchev–Trinajstić information content (AvgIpc) is 2.64. The normalized spacial score (nSPS) is 30.2. The van der Waals surface area contributed by atoms with Crippen molar-refractivity contribution >= 4 is 17.8 Å². The number of carbonyl (C=O) groups is 3. The molecule has 0 radical (unpaired) electrons. The fraction of sp³-hybridized carbons (Fsp3) is 0.643. The van der Waals surface area contributed by atoms with E-state index in [1.165, 1.54) is 0 Å². The summed E-state index contributed by atoms with van der Waals surface area (Å²) >= 11 is 0. The molecule has 0 aromatic heterocycles. The Morgan fingerprint density at radius 3 is 2.60 bits per heavy atom. The lowest BCUT2D eigenvalue weighted by atomic mass is 9.82. The number of carbonyl (C=O) groups excluding carboxylic acids is 2. The van der Waals surface area contributed by atoms with Gasteiger partial charge in [-0.3, -0.25) is 14.4 Å². The van der Waals surface area contributed by atoms with Crippen LogP contribution in [0.4, 0.5) is 0 Å². The summed E-state index contributed by atoms with van der Waals surface area (Å²) in [7, 11) is 0. The predicted octanol–water partition coefficient (Wildman–Crippen LogP) is 0.438. The molecule has 20 heavy (non-hydrogen) atoms. The molecule has 3 N–H and O–H groups in total. The van der Waals surface area contributed by atoms with E-state index in [1.54, 1.807) is 6.08 Å². The van der Waals surface area contributed by atoms with Crippen molar-refractivity contribution in [1.29, 1.82) is 0 Å². The van der Waals surface area contributed by atoms with Gasteiger partial charge in [0.05, 0.1) is 11.8 Å². The zero-order valence-corrected chi connectivity index (χ0v) is 11.3. The summed E-state index contributed by atoms with van der Waals surface area (Å²) in [5.41, 5.74) is 0. The number of amides is 2. The summed E-state index contributed by atoms with van der Waals surface area (Å²) in [5.74, 6) is -2.75. The minimum atomic E-state index is -0.959. The first kappa shape index (κ1) is 14.6. The van der Waals surface area contributed by atoms with Crippen LogP contribution >= 0.6 is 0 Å². The Balaban J connectivity index is 2.00. The molecule has 6 heteroatoms. The van der Waals surface area contributed by atoms with Gasteiger partial charge in [0.1, 0.15) is 6.04 Å². The highest BCUT2D eigenvalue weighted by molar-refractivity contribution is 5.90.